The summed E-state index contributed by atoms with van der Waals surface area (Å²) in [7, 11) is 2.14. The molecule has 0 aliphatic carbocycles. The Labute approximate surface area is 164 Å². The van der Waals surface area contributed by atoms with Crippen LogP contribution >= 0.6 is 0 Å². The van der Waals surface area contributed by atoms with E-state index in [0.29, 0.717) is 6.61 Å². The Morgan fingerprint density at radius 1 is 1.07 bits per heavy atom. The van der Waals surface area contributed by atoms with Gasteiger partial charge in [-0.3, -0.25) is 9.88 Å². The summed E-state index contributed by atoms with van der Waals surface area (Å²) in [5.41, 5.74) is 3.71. The first kappa shape index (κ1) is 17.5. The van der Waals surface area contributed by atoms with Crippen molar-refractivity contribution < 1.29 is 9.47 Å². The Kier molecular flexibility index (Phi) is 4.41. The topological polar surface area (TPSA) is 39.5 Å². The Bertz CT molecular complexity index is 1160. The van der Waals surface area contributed by atoms with Gasteiger partial charge in [-0.15, -0.1) is 0 Å². The number of pyridine rings is 1. The van der Waals surface area contributed by atoms with Crippen molar-refractivity contribution in [1.29, 1.82) is 0 Å². The Morgan fingerprint density at radius 2 is 1.93 bits per heavy atom. The van der Waals surface area contributed by atoms with E-state index in [1.807, 2.05) is 12.4 Å². The summed E-state index contributed by atoms with van der Waals surface area (Å²) in [5, 5.41) is 4.92. The van der Waals surface area contributed by atoms with Gasteiger partial charge < -0.3 is 14.0 Å². The zero-order valence-corrected chi connectivity index (χ0v) is 16.4. The van der Waals surface area contributed by atoms with Gasteiger partial charge in [0.2, 0.25) is 0 Å². The van der Waals surface area contributed by atoms with Gasteiger partial charge in [0.1, 0.15) is 12.4 Å². The molecule has 0 atom stereocenters. The number of fused-ring (bicyclic) bond motifs is 4. The van der Waals surface area contributed by atoms with Crippen LogP contribution in [0.3, 0.4) is 0 Å². The van der Waals surface area contributed by atoms with Crippen molar-refractivity contribution >= 4 is 32.6 Å². The predicted octanol–water partition coefficient (Wildman–Crippen LogP) is 3.90. The highest BCUT2D eigenvalue weighted by Gasteiger charge is 2.17. The fourth-order valence-corrected chi connectivity index (χ4v) is 4.48. The monoisotopic (exact) mass is 375 g/mol. The number of para-hydroxylation sites is 1. The molecule has 1 fully saturated rings. The molecule has 5 nitrogen and oxygen atoms in total. The molecule has 144 valence electrons. The number of ether oxygens (including phenoxy) is 2. The molecule has 4 aromatic rings. The minimum absolute atomic E-state index is 0.686. The average Bonchev–Trinajstić information content (AvgIpc) is 3.02. The highest BCUT2D eigenvalue weighted by Crippen LogP contribution is 2.38. The zero-order chi connectivity index (χ0) is 19.1. The normalized spacial score (nSPS) is 15.6. The molecule has 1 saturated heterocycles. The van der Waals surface area contributed by atoms with E-state index in [4.69, 9.17) is 9.47 Å². The van der Waals surface area contributed by atoms with E-state index in [1.165, 1.54) is 32.6 Å². The lowest BCUT2D eigenvalue weighted by Gasteiger charge is -2.26. The van der Waals surface area contributed by atoms with Gasteiger partial charge in [-0.1, -0.05) is 12.1 Å². The molecule has 1 aliphatic heterocycles. The summed E-state index contributed by atoms with van der Waals surface area (Å²) >= 11 is 0. The smallest absolute Gasteiger partial charge is 0.143 e. The summed E-state index contributed by atoms with van der Waals surface area (Å²) in [6, 6.07) is 10.7. The molecule has 3 heterocycles. The van der Waals surface area contributed by atoms with Gasteiger partial charge in [-0.2, -0.15) is 0 Å². The largest absolute Gasteiger partial charge is 0.490 e. The van der Waals surface area contributed by atoms with Gasteiger partial charge >= 0.3 is 0 Å². The van der Waals surface area contributed by atoms with Crippen LogP contribution in [-0.4, -0.2) is 53.9 Å². The fraction of sp³-hybridized carbons (Fsp3) is 0.348. The molecular formula is C23H25N3O2. The van der Waals surface area contributed by atoms with Crippen LogP contribution in [0.25, 0.3) is 32.6 Å². The highest BCUT2D eigenvalue weighted by molar-refractivity contribution is 6.15. The predicted molar refractivity (Wildman–Crippen MR) is 113 cm³/mol. The summed E-state index contributed by atoms with van der Waals surface area (Å²) in [5.74, 6) is 0.950. The lowest BCUT2D eigenvalue weighted by molar-refractivity contribution is 0.0323. The van der Waals surface area contributed by atoms with Crippen LogP contribution < -0.4 is 4.74 Å². The molecular weight excluding hydrogens is 350 g/mol. The molecule has 5 heteroatoms. The maximum atomic E-state index is 6.25. The second-order valence-electron chi connectivity index (χ2n) is 7.51. The summed E-state index contributed by atoms with van der Waals surface area (Å²) in [6.07, 6.45) is 3.81. The summed E-state index contributed by atoms with van der Waals surface area (Å²) in [4.78, 5) is 6.70. The van der Waals surface area contributed by atoms with Gasteiger partial charge in [-0.05, 0) is 36.1 Å². The van der Waals surface area contributed by atoms with Crippen LogP contribution in [0.1, 0.15) is 5.56 Å². The molecule has 2 aromatic carbocycles. The zero-order valence-electron chi connectivity index (χ0n) is 16.4. The number of hydrogen-bond donors (Lipinski definition) is 0. The van der Waals surface area contributed by atoms with E-state index in [1.54, 1.807) is 0 Å². The number of hydrogen-bond acceptors (Lipinski definition) is 4. The van der Waals surface area contributed by atoms with Crippen LogP contribution in [0.4, 0.5) is 0 Å². The lowest BCUT2D eigenvalue weighted by atomic mass is 10.0. The Hall–Kier alpha value is -2.63. The third-order valence-electron chi connectivity index (χ3n) is 5.89. The first-order valence-electron chi connectivity index (χ1n) is 9.91. The minimum atomic E-state index is 0.686. The van der Waals surface area contributed by atoms with Crippen molar-refractivity contribution in [2.24, 2.45) is 7.05 Å². The van der Waals surface area contributed by atoms with Gasteiger partial charge in [0.05, 0.1) is 24.2 Å². The van der Waals surface area contributed by atoms with Crippen LogP contribution in [0.2, 0.25) is 0 Å². The number of benzene rings is 2. The van der Waals surface area contributed by atoms with Gasteiger partial charge in [-0.25, -0.2) is 0 Å². The molecule has 0 amide bonds. The summed E-state index contributed by atoms with van der Waals surface area (Å²) < 4.78 is 14.0. The minimum Gasteiger partial charge on any atom is -0.490 e. The van der Waals surface area contributed by atoms with E-state index in [2.05, 4.69) is 58.8 Å². The molecule has 2 aromatic heterocycles. The molecule has 28 heavy (non-hydrogen) atoms. The average molecular weight is 375 g/mol. The number of aryl methyl sites for hydroxylation is 2. The van der Waals surface area contributed by atoms with Gasteiger partial charge in [0, 0.05) is 55.2 Å². The quantitative estimate of drug-likeness (QED) is 0.542. The van der Waals surface area contributed by atoms with E-state index >= 15 is 0 Å². The highest BCUT2D eigenvalue weighted by atomic mass is 16.5. The van der Waals surface area contributed by atoms with Gasteiger partial charge in [0.25, 0.3) is 0 Å². The molecule has 0 N–H and O–H groups in total. The maximum absolute atomic E-state index is 6.25. The lowest BCUT2D eigenvalue weighted by Crippen LogP contribution is -2.38. The van der Waals surface area contributed by atoms with Crippen LogP contribution in [0.15, 0.2) is 42.7 Å². The first-order valence-corrected chi connectivity index (χ1v) is 9.91. The molecule has 0 radical (unpaired) electrons. The van der Waals surface area contributed by atoms with Crippen LogP contribution in [-0.2, 0) is 11.8 Å². The van der Waals surface area contributed by atoms with Crippen LogP contribution in [0.5, 0.6) is 5.75 Å². The van der Waals surface area contributed by atoms with Crippen LogP contribution in [0, 0.1) is 6.92 Å². The molecule has 0 unspecified atom stereocenters. The van der Waals surface area contributed by atoms with Crippen molar-refractivity contribution in [2.45, 2.75) is 6.92 Å². The van der Waals surface area contributed by atoms with E-state index in [-0.39, 0.29) is 0 Å². The van der Waals surface area contributed by atoms with E-state index in [0.717, 1.165) is 44.1 Å². The molecule has 0 saturated carbocycles. The number of aromatic nitrogens is 2. The number of morpholine rings is 1. The van der Waals surface area contributed by atoms with E-state index in [9.17, 15) is 0 Å². The molecule has 0 bridgehead atoms. The first-order chi connectivity index (χ1) is 13.7. The number of nitrogens with zero attached hydrogens (tertiary/aromatic N) is 3. The molecule has 5 rings (SSSR count). The second-order valence-corrected chi connectivity index (χ2v) is 7.51. The van der Waals surface area contributed by atoms with Crippen molar-refractivity contribution in [3.05, 3.63) is 48.3 Å². The summed E-state index contributed by atoms with van der Waals surface area (Å²) in [6.45, 7) is 7.43. The fourth-order valence-electron chi connectivity index (χ4n) is 4.48. The van der Waals surface area contributed by atoms with Crippen molar-refractivity contribution in [3.63, 3.8) is 0 Å². The third kappa shape index (κ3) is 2.82. The van der Waals surface area contributed by atoms with Crippen molar-refractivity contribution in [3.8, 4) is 5.75 Å². The molecule has 0 spiro atoms. The number of rotatable bonds is 4. The molecule has 1 aliphatic rings. The Morgan fingerprint density at radius 3 is 2.79 bits per heavy atom. The van der Waals surface area contributed by atoms with Crippen molar-refractivity contribution in [2.75, 3.05) is 39.5 Å². The standard InChI is InChI=1S/C23H25N3O2/c1-16-18-6-7-24-15-17(18)14-20-19-4-3-5-21(23(19)25(2)22(16)20)28-13-10-26-8-11-27-12-9-26/h3-7,14-15H,8-13H2,1-2H3. The Balaban J connectivity index is 1.56. The maximum Gasteiger partial charge on any atom is 0.143 e. The third-order valence-corrected chi connectivity index (χ3v) is 5.89. The van der Waals surface area contributed by atoms with Crippen molar-refractivity contribution in [1.82, 2.24) is 14.5 Å². The SMILES string of the molecule is Cc1c2ccncc2cc2c3cccc(OCCN4CCOCC4)c3n(C)c12. The van der Waals surface area contributed by atoms with E-state index < -0.39 is 0 Å². The second kappa shape index (κ2) is 7.08. The van der Waals surface area contributed by atoms with Gasteiger partial charge in [0.15, 0.2) is 0 Å².